The second-order valence-electron chi connectivity index (χ2n) is 6.53. The maximum absolute atomic E-state index is 12.4. The van der Waals surface area contributed by atoms with Crippen LogP contribution >= 0.6 is 0 Å². The molecule has 126 valence electrons. The van der Waals surface area contributed by atoms with Crippen LogP contribution < -0.4 is 10.1 Å². The number of hydrogen-bond acceptors (Lipinski definition) is 5. The van der Waals surface area contributed by atoms with E-state index in [0.717, 1.165) is 37.1 Å². The third-order valence-electron chi connectivity index (χ3n) is 4.81. The molecule has 1 fully saturated rings. The number of pyridine rings is 1. The van der Waals surface area contributed by atoms with Crippen molar-refractivity contribution in [3.8, 4) is 5.88 Å². The molecule has 2 aromatic rings. The van der Waals surface area contributed by atoms with Crippen molar-refractivity contribution in [2.45, 2.75) is 51.3 Å². The molecule has 0 aromatic carbocycles. The van der Waals surface area contributed by atoms with Crippen LogP contribution in [0.2, 0.25) is 0 Å². The molecule has 1 saturated carbocycles. The molecule has 7 heteroatoms. The van der Waals surface area contributed by atoms with Gasteiger partial charge in [0.05, 0.1) is 5.92 Å². The summed E-state index contributed by atoms with van der Waals surface area (Å²) in [5.74, 6) is 1.66. The summed E-state index contributed by atoms with van der Waals surface area (Å²) in [5, 5.41) is 11.0. The van der Waals surface area contributed by atoms with E-state index in [0.29, 0.717) is 25.1 Å². The van der Waals surface area contributed by atoms with Crippen molar-refractivity contribution in [1.29, 1.82) is 0 Å². The average molecular weight is 327 g/mol. The molecule has 0 radical (unpaired) electrons. The molecule has 1 aliphatic carbocycles. The van der Waals surface area contributed by atoms with Crippen molar-refractivity contribution in [3.63, 3.8) is 0 Å². The minimum Gasteiger partial charge on any atom is -0.474 e. The minimum atomic E-state index is -0.0268. The Labute approximate surface area is 140 Å². The van der Waals surface area contributed by atoms with Crippen LogP contribution in [-0.4, -0.2) is 31.8 Å². The van der Waals surface area contributed by atoms with Gasteiger partial charge in [0.2, 0.25) is 11.8 Å². The van der Waals surface area contributed by atoms with Gasteiger partial charge in [0, 0.05) is 31.8 Å². The summed E-state index contributed by atoms with van der Waals surface area (Å²) in [7, 11) is 0. The number of fused-ring (bicyclic) bond motifs is 1. The lowest BCUT2D eigenvalue weighted by molar-refractivity contribution is -0.126. The monoisotopic (exact) mass is 327 g/mol. The Bertz CT molecular complexity index is 725. The van der Waals surface area contributed by atoms with E-state index in [-0.39, 0.29) is 11.8 Å². The SMILES string of the molecule is O=C(NCc1ccnc(OC2CCC2)c1)C1CCc2nncn2C1. The Balaban J connectivity index is 1.31. The minimum absolute atomic E-state index is 0.0268. The number of rotatable bonds is 5. The van der Waals surface area contributed by atoms with Gasteiger partial charge in [-0.15, -0.1) is 10.2 Å². The first-order valence-electron chi connectivity index (χ1n) is 8.54. The molecule has 0 bridgehead atoms. The van der Waals surface area contributed by atoms with Crippen LogP contribution in [-0.2, 0) is 24.3 Å². The largest absolute Gasteiger partial charge is 0.474 e. The zero-order valence-electron chi connectivity index (χ0n) is 13.5. The molecule has 2 aromatic heterocycles. The van der Waals surface area contributed by atoms with Gasteiger partial charge in [-0.1, -0.05) is 0 Å². The van der Waals surface area contributed by atoms with Crippen molar-refractivity contribution < 1.29 is 9.53 Å². The fourth-order valence-electron chi connectivity index (χ4n) is 3.09. The predicted octanol–water partition coefficient (Wildman–Crippen LogP) is 1.48. The highest BCUT2D eigenvalue weighted by molar-refractivity contribution is 5.78. The molecule has 1 N–H and O–H groups in total. The van der Waals surface area contributed by atoms with Crippen molar-refractivity contribution in [3.05, 3.63) is 36.0 Å². The Kier molecular flexibility index (Phi) is 4.15. The highest BCUT2D eigenvalue weighted by Gasteiger charge is 2.25. The zero-order valence-corrected chi connectivity index (χ0v) is 13.5. The van der Waals surface area contributed by atoms with Gasteiger partial charge in [-0.05, 0) is 37.3 Å². The van der Waals surface area contributed by atoms with Gasteiger partial charge in [0.15, 0.2) is 0 Å². The Morgan fingerprint density at radius 3 is 3.12 bits per heavy atom. The van der Waals surface area contributed by atoms with Crippen molar-refractivity contribution in [1.82, 2.24) is 25.1 Å². The standard InChI is InChI=1S/C17H21N5O2/c23-17(13-4-5-15-21-20-11-22(15)10-13)19-9-12-6-7-18-16(8-12)24-14-2-1-3-14/h6-8,11,13-14H,1-5,9-10H2,(H,19,23). The lowest BCUT2D eigenvalue weighted by Crippen LogP contribution is -2.35. The van der Waals surface area contributed by atoms with Crippen LogP contribution in [0.3, 0.4) is 0 Å². The van der Waals surface area contributed by atoms with Crippen LogP contribution in [0.15, 0.2) is 24.7 Å². The first-order chi connectivity index (χ1) is 11.8. The van der Waals surface area contributed by atoms with Crippen LogP contribution in [0.25, 0.3) is 0 Å². The maximum Gasteiger partial charge on any atom is 0.225 e. The molecule has 0 spiro atoms. The number of aromatic nitrogens is 4. The topological polar surface area (TPSA) is 81.9 Å². The molecule has 4 rings (SSSR count). The van der Waals surface area contributed by atoms with E-state index in [1.165, 1.54) is 6.42 Å². The summed E-state index contributed by atoms with van der Waals surface area (Å²) in [6.45, 7) is 1.15. The quantitative estimate of drug-likeness (QED) is 0.899. The van der Waals surface area contributed by atoms with Gasteiger partial charge in [0.1, 0.15) is 18.3 Å². The molecule has 1 atom stereocenters. The highest BCUT2D eigenvalue weighted by Crippen LogP contribution is 2.24. The molecular weight excluding hydrogens is 306 g/mol. The van der Waals surface area contributed by atoms with E-state index in [4.69, 9.17) is 4.74 Å². The number of amides is 1. The van der Waals surface area contributed by atoms with E-state index in [9.17, 15) is 4.79 Å². The summed E-state index contributed by atoms with van der Waals surface area (Å²) in [6.07, 6.45) is 8.80. The molecule has 1 unspecified atom stereocenters. The van der Waals surface area contributed by atoms with Crippen LogP contribution in [0.5, 0.6) is 5.88 Å². The summed E-state index contributed by atoms with van der Waals surface area (Å²) in [4.78, 5) is 16.7. The molecule has 3 heterocycles. The van der Waals surface area contributed by atoms with E-state index >= 15 is 0 Å². The maximum atomic E-state index is 12.4. The van der Waals surface area contributed by atoms with E-state index in [1.54, 1.807) is 12.5 Å². The van der Waals surface area contributed by atoms with E-state index in [2.05, 4.69) is 20.5 Å². The third-order valence-corrected chi connectivity index (χ3v) is 4.81. The molecule has 24 heavy (non-hydrogen) atoms. The first-order valence-corrected chi connectivity index (χ1v) is 8.54. The van der Waals surface area contributed by atoms with Gasteiger partial charge in [0.25, 0.3) is 0 Å². The summed E-state index contributed by atoms with van der Waals surface area (Å²) in [5.41, 5.74) is 1.01. The van der Waals surface area contributed by atoms with Gasteiger partial charge >= 0.3 is 0 Å². The molecule has 1 aliphatic heterocycles. The fourth-order valence-corrected chi connectivity index (χ4v) is 3.09. The lowest BCUT2D eigenvalue weighted by atomic mass is 9.96. The van der Waals surface area contributed by atoms with Crippen molar-refractivity contribution >= 4 is 5.91 Å². The predicted molar refractivity (Wildman–Crippen MR) is 86.2 cm³/mol. The molecule has 7 nitrogen and oxygen atoms in total. The molecule has 2 aliphatic rings. The second kappa shape index (κ2) is 6.59. The number of nitrogens with zero attached hydrogens (tertiary/aromatic N) is 4. The second-order valence-corrected chi connectivity index (χ2v) is 6.53. The molecule has 0 saturated heterocycles. The molecule has 1 amide bonds. The number of ether oxygens (including phenoxy) is 1. The Morgan fingerprint density at radius 2 is 2.29 bits per heavy atom. The van der Waals surface area contributed by atoms with Crippen LogP contribution in [0.1, 0.15) is 37.1 Å². The van der Waals surface area contributed by atoms with Crippen molar-refractivity contribution in [2.75, 3.05) is 0 Å². The number of carbonyl (C=O) groups excluding carboxylic acids is 1. The lowest BCUT2D eigenvalue weighted by Gasteiger charge is -2.25. The number of nitrogens with one attached hydrogen (secondary N) is 1. The zero-order chi connectivity index (χ0) is 16.4. The van der Waals surface area contributed by atoms with Gasteiger partial charge < -0.3 is 14.6 Å². The summed E-state index contributed by atoms with van der Waals surface area (Å²) >= 11 is 0. The first kappa shape index (κ1) is 15.1. The van der Waals surface area contributed by atoms with E-state index in [1.807, 2.05) is 16.7 Å². The van der Waals surface area contributed by atoms with E-state index < -0.39 is 0 Å². The van der Waals surface area contributed by atoms with Gasteiger partial charge in [-0.3, -0.25) is 4.79 Å². The number of hydrogen-bond donors (Lipinski definition) is 1. The number of aryl methyl sites for hydroxylation is 1. The molecular formula is C17H21N5O2. The Morgan fingerprint density at radius 1 is 1.38 bits per heavy atom. The summed E-state index contributed by atoms with van der Waals surface area (Å²) in [6, 6.07) is 3.82. The Hall–Kier alpha value is -2.44. The van der Waals surface area contributed by atoms with Crippen molar-refractivity contribution in [2.24, 2.45) is 5.92 Å². The highest BCUT2D eigenvalue weighted by atomic mass is 16.5. The van der Waals surface area contributed by atoms with Gasteiger partial charge in [-0.25, -0.2) is 4.98 Å². The normalized spacial score (nSPS) is 20.1. The van der Waals surface area contributed by atoms with Crippen LogP contribution in [0, 0.1) is 5.92 Å². The van der Waals surface area contributed by atoms with Crippen LogP contribution in [0.4, 0.5) is 0 Å². The summed E-state index contributed by atoms with van der Waals surface area (Å²) < 4.78 is 7.77. The smallest absolute Gasteiger partial charge is 0.225 e. The fraction of sp³-hybridized carbons (Fsp3) is 0.529. The van der Waals surface area contributed by atoms with Gasteiger partial charge in [-0.2, -0.15) is 0 Å². The average Bonchev–Trinajstić information content (AvgIpc) is 3.04. The third kappa shape index (κ3) is 3.25. The number of carbonyl (C=O) groups is 1.